The van der Waals surface area contributed by atoms with Crippen LogP contribution in [-0.4, -0.2) is 0 Å². The molecular weight excluding hydrogens is 687 g/mol. The van der Waals surface area contributed by atoms with E-state index in [-0.39, 0.29) is 0 Å². The third-order valence-corrected chi connectivity index (χ3v) is 12.0. The van der Waals surface area contributed by atoms with Gasteiger partial charge < -0.3 is 9.32 Å². The fourth-order valence-electron chi connectivity index (χ4n) is 8.15. The second-order valence-corrected chi connectivity index (χ2v) is 15.2. The molecule has 9 aromatic carbocycles. The minimum Gasteiger partial charge on any atom is -0.456 e. The second-order valence-electron chi connectivity index (χ2n) is 14.1. The van der Waals surface area contributed by atoms with Gasteiger partial charge in [-0.2, -0.15) is 0 Å². The monoisotopic (exact) mass is 719 g/mol. The summed E-state index contributed by atoms with van der Waals surface area (Å²) in [6.07, 6.45) is 0. The van der Waals surface area contributed by atoms with Crippen molar-refractivity contribution in [2.24, 2.45) is 0 Å². The largest absolute Gasteiger partial charge is 0.456 e. The Hall–Kier alpha value is -6.94. The molecule has 11 rings (SSSR count). The van der Waals surface area contributed by atoms with Crippen LogP contribution in [0.4, 0.5) is 17.1 Å². The number of rotatable bonds is 6. The van der Waals surface area contributed by atoms with Crippen LogP contribution in [0, 0.1) is 0 Å². The first-order valence-corrected chi connectivity index (χ1v) is 19.5. The summed E-state index contributed by atoms with van der Waals surface area (Å²) in [6.45, 7) is 0. The van der Waals surface area contributed by atoms with E-state index in [9.17, 15) is 0 Å². The van der Waals surface area contributed by atoms with Crippen LogP contribution in [-0.2, 0) is 0 Å². The number of anilines is 3. The summed E-state index contributed by atoms with van der Waals surface area (Å²) >= 11 is 1.86. The van der Waals surface area contributed by atoms with Gasteiger partial charge in [0.25, 0.3) is 0 Å². The van der Waals surface area contributed by atoms with E-state index in [1.807, 2.05) is 23.5 Å². The fraction of sp³-hybridized carbons (Fsp3) is 0. The van der Waals surface area contributed by atoms with Crippen LogP contribution < -0.4 is 4.90 Å². The van der Waals surface area contributed by atoms with Gasteiger partial charge in [-0.25, -0.2) is 0 Å². The van der Waals surface area contributed by atoms with E-state index in [0.717, 1.165) is 50.1 Å². The molecule has 0 aliphatic rings. The van der Waals surface area contributed by atoms with E-state index >= 15 is 0 Å². The highest BCUT2D eigenvalue weighted by Gasteiger charge is 2.16. The van der Waals surface area contributed by atoms with Crippen molar-refractivity contribution in [1.29, 1.82) is 0 Å². The Bertz CT molecular complexity index is 3200. The normalized spacial score (nSPS) is 11.6. The zero-order valence-electron chi connectivity index (χ0n) is 29.8. The Morgan fingerprint density at radius 1 is 0.327 bits per heavy atom. The van der Waals surface area contributed by atoms with E-state index < -0.39 is 0 Å². The van der Waals surface area contributed by atoms with Crippen LogP contribution >= 0.6 is 11.3 Å². The summed E-state index contributed by atoms with van der Waals surface area (Å²) in [4.78, 5) is 2.36. The number of furan rings is 1. The van der Waals surface area contributed by atoms with Gasteiger partial charge in [0.2, 0.25) is 0 Å². The molecule has 0 bridgehead atoms. The van der Waals surface area contributed by atoms with Crippen molar-refractivity contribution in [1.82, 2.24) is 0 Å². The third kappa shape index (κ3) is 5.48. The van der Waals surface area contributed by atoms with E-state index in [1.54, 1.807) is 0 Å². The van der Waals surface area contributed by atoms with Gasteiger partial charge in [-0.15, -0.1) is 11.3 Å². The van der Waals surface area contributed by atoms with Crippen LogP contribution in [0.15, 0.2) is 205 Å². The van der Waals surface area contributed by atoms with Crippen LogP contribution in [0.25, 0.3) is 86.3 Å². The zero-order valence-corrected chi connectivity index (χ0v) is 30.6. The Morgan fingerprint density at radius 2 is 0.927 bits per heavy atom. The van der Waals surface area contributed by atoms with Crippen LogP contribution in [0.3, 0.4) is 0 Å². The van der Waals surface area contributed by atoms with Gasteiger partial charge in [0, 0.05) is 48.0 Å². The molecule has 55 heavy (non-hydrogen) atoms. The average molecular weight is 720 g/mol. The molecular formula is C52H33NOS. The number of hydrogen-bond acceptors (Lipinski definition) is 3. The summed E-state index contributed by atoms with van der Waals surface area (Å²) < 4.78 is 8.88. The Kier molecular flexibility index (Phi) is 7.39. The molecule has 0 radical (unpaired) electrons. The van der Waals surface area contributed by atoms with Crippen molar-refractivity contribution in [3.63, 3.8) is 0 Å². The van der Waals surface area contributed by atoms with Gasteiger partial charge in [-0.3, -0.25) is 0 Å². The topological polar surface area (TPSA) is 16.4 Å². The Balaban J connectivity index is 1.000. The van der Waals surface area contributed by atoms with Crippen molar-refractivity contribution >= 4 is 81.3 Å². The first-order valence-electron chi connectivity index (χ1n) is 18.7. The fourth-order valence-corrected chi connectivity index (χ4v) is 9.24. The SMILES string of the molecule is c1cc(-c2cccc3ccccc23)cc(N(c2ccc(-c3ccc4c(c3)oc3ccccc34)cc2)c2ccc(-c3ccc4sc5ccccc5c4c3)cc2)c1. The summed E-state index contributed by atoms with van der Waals surface area (Å²) in [5.41, 5.74) is 12.2. The third-order valence-electron chi connectivity index (χ3n) is 10.9. The molecule has 0 saturated heterocycles. The molecule has 11 aromatic rings. The van der Waals surface area contributed by atoms with Crippen molar-refractivity contribution < 1.29 is 4.42 Å². The van der Waals surface area contributed by atoms with Crippen molar-refractivity contribution in [2.45, 2.75) is 0 Å². The minimum atomic E-state index is 0.904. The lowest BCUT2D eigenvalue weighted by Gasteiger charge is -2.26. The molecule has 0 atom stereocenters. The molecule has 0 saturated carbocycles. The lowest BCUT2D eigenvalue weighted by Crippen LogP contribution is -2.10. The molecule has 2 aromatic heterocycles. The van der Waals surface area contributed by atoms with Crippen LogP contribution in [0.5, 0.6) is 0 Å². The van der Waals surface area contributed by atoms with Crippen molar-refractivity contribution in [3.8, 4) is 33.4 Å². The number of hydrogen-bond donors (Lipinski definition) is 0. The highest BCUT2D eigenvalue weighted by Crippen LogP contribution is 2.41. The van der Waals surface area contributed by atoms with Gasteiger partial charge in [0.05, 0.1) is 0 Å². The summed E-state index contributed by atoms with van der Waals surface area (Å²) in [7, 11) is 0. The van der Waals surface area contributed by atoms with Gasteiger partial charge in [-0.05, 0) is 117 Å². The number of fused-ring (bicyclic) bond motifs is 7. The Labute approximate surface area is 322 Å². The predicted octanol–water partition coefficient (Wildman–Crippen LogP) is 15.6. The number of thiophene rings is 1. The lowest BCUT2D eigenvalue weighted by atomic mass is 9.97. The summed E-state index contributed by atoms with van der Waals surface area (Å²) in [5.74, 6) is 0. The van der Waals surface area contributed by atoms with Crippen molar-refractivity contribution in [2.75, 3.05) is 4.90 Å². The summed E-state index contributed by atoms with van der Waals surface area (Å²) in [6, 6.07) is 72.3. The van der Waals surface area contributed by atoms with Crippen LogP contribution in [0.2, 0.25) is 0 Å². The maximum Gasteiger partial charge on any atom is 0.136 e. The maximum absolute atomic E-state index is 6.24. The molecule has 0 fully saturated rings. The van der Waals surface area contributed by atoms with Gasteiger partial charge in [0.15, 0.2) is 0 Å². The van der Waals surface area contributed by atoms with Gasteiger partial charge in [-0.1, -0.05) is 127 Å². The molecule has 258 valence electrons. The molecule has 0 aliphatic heterocycles. The standard InChI is InChI=1S/C52H33NOS/c1-2-13-43-36(9-1)10-8-16-44(43)39-11-7-12-42(31-39)53(40-25-19-34(20-26-40)37-24-30-52-48(32-37)47-15-4-6-18-51(47)55-52)41-27-21-35(22-28-41)38-23-29-46-45-14-3-5-17-49(45)54-50(46)33-38/h1-33H. The Morgan fingerprint density at radius 3 is 1.75 bits per heavy atom. The van der Waals surface area contributed by atoms with Gasteiger partial charge in [0.1, 0.15) is 11.2 Å². The first kappa shape index (κ1) is 31.6. The quantitative estimate of drug-likeness (QED) is 0.170. The lowest BCUT2D eigenvalue weighted by molar-refractivity contribution is 0.669. The molecule has 0 spiro atoms. The molecule has 0 amide bonds. The maximum atomic E-state index is 6.24. The molecule has 0 unspecified atom stereocenters. The smallest absolute Gasteiger partial charge is 0.136 e. The highest BCUT2D eigenvalue weighted by atomic mass is 32.1. The number of nitrogens with zero attached hydrogens (tertiary/aromatic N) is 1. The molecule has 0 aliphatic carbocycles. The molecule has 2 heterocycles. The van der Waals surface area contributed by atoms with E-state index in [2.05, 4.69) is 193 Å². The first-order chi connectivity index (χ1) is 27.2. The number of benzene rings is 9. The van der Waals surface area contributed by atoms with E-state index in [4.69, 9.17) is 4.42 Å². The second kappa shape index (κ2) is 12.9. The van der Waals surface area contributed by atoms with E-state index in [0.29, 0.717) is 0 Å². The predicted molar refractivity (Wildman–Crippen MR) is 235 cm³/mol. The van der Waals surface area contributed by atoms with Gasteiger partial charge >= 0.3 is 0 Å². The average Bonchev–Trinajstić information content (AvgIpc) is 3.82. The zero-order chi connectivity index (χ0) is 36.3. The minimum absolute atomic E-state index is 0.904. The van der Waals surface area contributed by atoms with Crippen molar-refractivity contribution in [3.05, 3.63) is 200 Å². The molecule has 2 nitrogen and oxygen atoms in total. The van der Waals surface area contributed by atoms with Crippen LogP contribution in [0.1, 0.15) is 0 Å². The molecule has 3 heteroatoms. The molecule has 0 N–H and O–H groups in total. The summed E-state index contributed by atoms with van der Waals surface area (Å²) in [5, 5.41) is 7.41. The highest BCUT2D eigenvalue weighted by molar-refractivity contribution is 7.25. The van der Waals surface area contributed by atoms with E-state index in [1.165, 1.54) is 53.2 Å². The number of para-hydroxylation sites is 1.